The van der Waals surface area contributed by atoms with Gasteiger partial charge < -0.3 is 21.9 Å². The summed E-state index contributed by atoms with van der Waals surface area (Å²) in [5.74, 6) is 0. The Labute approximate surface area is 170 Å². The molecule has 0 bridgehead atoms. The fourth-order valence-corrected chi connectivity index (χ4v) is 3.12. The van der Waals surface area contributed by atoms with Crippen LogP contribution in [0.2, 0.25) is 0 Å². The minimum Gasteiger partial charge on any atom is -1.00 e. The second kappa shape index (κ2) is 12.7. The molecule has 1 aromatic carbocycles. The maximum atomic E-state index is 2.37. The van der Waals surface area contributed by atoms with Gasteiger partial charge in [-0.05, 0) is 50.1 Å². The highest BCUT2D eigenvalue weighted by Gasteiger charge is 2.06. The fourth-order valence-electron chi connectivity index (χ4n) is 3.12. The average molecular weight is 417 g/mol. The molecule has 0 saturated heterocycles. The van der Waals surface area contributed by atoms with Crippen molar-refractivity contribution in [3.63, 3.8) is 0 Å². The Morgan fingerprint density at radius 1 is 0.846 bits per heavy atom. The summed E-state index contributed by atoms with van der Waals surface area (Å²) in [6.07, 6.45) is 11.8. The number of anilines is 1. The Hall–Kier alpha value is -1.61. The minimum absolute atomic E-state index is 0. The lowest BCUT2D eigenvalue weighted by molar-refractivity contribution is -0.699. The van der Waals surface area contributed by atoms with Crippen molar-refractivity contribution in [2.24, 2.45) is 0 Å². The number of unbranched alkanes of at least 4 members (excludes halogenated alkanes) is 3. The monoisotopic (exact) mass is 416 g/mol. The number of pyridine rings is 1. The highest BCUT2D eigenvalue weighted by molar-refractivity contribution is 5.68. The zero-order valence-electron chi connectivity index (χ0n) is 16.5. The van der Waals surface area contributed by atoms with E-state index in [4.69, 9.17) is 0 Å². The molecular weight excluding hydrogens is 384 g/mol. The Bertz CT molecular complexity index is 646. The van der Waals surface area contributed by atoms with Gasteiger partial charge >= 0.3 is 0 Å². The number of hydrogen-bond donors (Lipinski definition) is 0. The van der Waals surface area contributed by atoms with Crippen LogP contribution >= 0.6 is 0 Å². The molecule has 0 aliphatic heterocycles. The predicted octanol–water partition coefficient (Wildman–Crippen LogP) is 2.58. The first-order valence-electron chi connectivity index (χ1n) is 9.80. The number of aryl methyl sites for hydroxylation is 1. The maximum absolute atomic E-state index is 2.37. The van der Waals surface area contributed by atoms with E-state index in [1.807, 2.05) is 0 Å². The molecule has 0 amide bonds. The quantitative estimate of drug-likeness (QED) is 0.426. The average Bonchev–Trinajstić information content (AvgIpc) is 2.66. The molecule has 142 valence electrons. The Morgan fingerprint density at radius 2 is 1.58 bits per heavy atom. The zero-order valence-corrected chi connectivity index (χ0v) is 18.1. The van der Waals surface area contributed by atoms with E-state index in [0.717, 1.165) is 19.6 Å². The minimum atomic E-state index is 0. The van der Waals surface area contributed by atoms with Crippen molar-refractivity contribution in [3.8, 4) is 0 Å². The molecule has 0 aliphatic rings. The molecule has 2 aromatic rings. The molecule has 0 N–H and O–H groups in total. The smallest absolute Gasteiger partial charge is 0.205 e. The topological polar surface area (TPSA) is 7.12 Å². The third-order valence-corrected chi connectivity index (χ3v) is 4.70. The normalized spacial score (nSPS) is 10.7. The summed E-state index contributed by atoms with van der Waals surface area (Å²) in [7, 11) is 0. The molecule has 0 saturated carbocycles. The Morgan fingerprint density at radius 3 is 2.23 bits per heavy atom. The molecule has 0 spiro atoms. The molecule has 0 atom stereocenters. The van der Waals surface area contributed by atoms with Crippen molar-refractivity contribution in [1.82, 2.24) is 0 Å². The highest BCUT2D eigenvalue weighted by Crippen LogP contribution is 2.16. The van der Waals surface area contributed by atoms with E-state index in [1.54, 1.807) is 0 Å². The summed E-state index contributed by atoms with van der Waals surface area (Å²) >= 11 is 0. The third kappa shape index (κ3) is 6.95. The predicted molar refractivity (Wildman–Crippen MR) is 110 cm³/mol. The Kier molecular flexibility index (Phi) is 11.0. The first kappa shape index (κ1) is 22.4. The van der Waals surface area contributed by atoms with E-state index in [0.29, 0.717) is 0 Å². The fraction of sp³-hybridized carbons (Fsp3) is 0.435. The van der Waals surface area contributed by atoms with E-state index in [9.17, 15) is 0 Å². The van der Waals surface area contributed by atoms with Crippen molar-refractivity contribution in [3.05, 3.63) is 59.9 Å². The molecule has 2 nitrogen and oxygen atoms in total. The first-order chi connectivity index (χ1) is 12.3. The maximum Gasteiger partial charge on any atom is 0.205 e. The number of halogens is 1. The van der Waals surface area contributed by atoms with Crippen LogP contribution in [0.25, 0.3) is 12.2 Å². The van der Waals surface area contributed by atoms with Crippen LogP contribution in [0.15, 0.2) is 48.7 Å². The molecule has 26 heavy (non-hydrogen) atoms. The van der Waals surface area contributed by atoms with Crippen LogP contribution in [-0.2, 0) is 6.54 Å². The SMILES string of the molecule is CCCCCC[n+]1ccccc1C=Cc1ccc(N(CC)CC)cc1.[Br-]. The van der Waals surface area contributed by atoms with E-state index < -0.39 is 0 Å². The lowest BCUT2D eigenvalue weighted by Crippen LogP contribution is -3.00. The van der Waals surface area contributed by atoms with Crippen molar-refractivity contribution >= 4 is 17.8 Å². The van der Waals surface area contributed by atoms with Gasteiger partial charge in [-0.3, -0.25) is 0 Å². The third-order valence-electron chi connectivity index (χ3n) is 4.70. The summed E-state index contributed by atoms with van der Waals surface area (Å²) in [5.41, 5.74) is 3.82. The van der Waals surface area contributed by atoms with Crippen LogP contribution in [0.3, 0.4) is 0 Å². The highest BCUT2D eigenvalue weighted by atomic mass is 79.9. The molecule has 0 unspecified atom stereocenters. The van der Waals surface area contributed by atoms with Gasteiger partial charge in [-0.1, -0.05) is 31.9 Å². The molecule has 1 aromatic heterocycles. The lowest BCUT2D eigenvalue weighted by atomic mass is 10.1. The van der Waals surface area contributed by atoms with Gasteiger partial charge in [0.2, 0.25) is 5.69 Å². The van der Waals surface area contributed by atoms with Gasteiger partial charge in [0.05, 0.1) is 0 Å². The van der Waals surface area contributed by atoms with Crippen molar-refractivity contribution in [2.45, 2.75) is 53.0 Å². The Balaban J connectivity index is 0.00000338. The summed E-state index contributed by atoms with van der Waals surface area (Å²) in [6, 6.07) is 15.3. The van der Waals surface area contributed by atoms with E-state index in [1.165, 1.54) is 42.6 Å². The van der Waals surface area contributed by atoms with Crippen LogP contribution in [0.5, 0.6) is 0 Å². The van der Waals surface area contributed by atoms with Gasteiger partial charge in [0.1, 0.15) is 6.54 Å². The van der Waals surface area contributed by atoms with Gasteiger partial charge in [-0.25, -0.2) is 0 Å². The largest absolute Gasteiger partial charge is 1.00 e. The van der Waals surface area contributed by atoms with Gasteiger partial charge in [-0.2, -0.15) is 4.57 Å². The van der Waals surface area contributed by atoms with Crippen LogP contribution in [0.1, 0.15) is 57.7 Å². The summed E-state index contributed by atoms with van der Waals surface area (Å²) in [6.45, 7) is 9.86. The zero-order chi connectivity index (χ0) is 17.9. The van der Waals surface area contributed by atoms with Gasteiger partial charge in [0, 0.05) is 43.4 Å². The van der Waals surface area contributed by atoms with E-state index >= 15 is 0 Å². The molecule has 3 heteroatoms. The van der Waals surface area contributed by atoms with E-state index in [2.05, 4.69) is 91.1 Å². The van der Waals surface area contributed by atoms with Gasteiger partial charge in [0.25, 0.3) is 0 Å². The van der Waals surface area contributed by atoms with Crippen LogP contribution < -0.4 is 26.4 Å². The number of rotatable bonds is 10. The molecule has 2 rings (SSSR count). The van der Waals surface area contributed by atoms with Gasteiger partial charge in [-0.15, -0.1) is 0 Å². The molecule has 0 radical (unpaired) electrons. The van der Waals surface area contributed by atoms with Crippen molar-refractivity contribution in [2.75, 3.05) is 18.0 Å². The first-order valence-corrected chi connectivity index (χ1v) is 9.80. The summed E-state index contributed by atoms with van der Waals surface area (Å²) < 4.78 is 2.36. The van der Waals surface area contributed by atoms with Crippen molar-refractivity contribution in [1.29, 1.82) is 0 Å². The van der Waals surface area contributed by atoms with Gasteiger partial charge in [0.15, 0.2) is 6.20 Å². The van der Waals surface area contributed by atoms with E-state index in [-0.39, 0.29) is 17.0 Å². The number of hydrogen-bond acceptors (Lipinski definition) is 1. The summed E-state index contributed by atoms with van der Waals surface area (Å²) in [5, 5.41) is 0. The second-order valence-corrected chi connectivity index (χ2v) is 6.48. The van der Waals surface area contributed by atoms with Crippen LogP contribution in [0.4, 0.5) is 5.69 Å². The van der Waals surface area contributed by atoms with Crippen molar-refractivity contribution < 1.29 is 21.5 Å². The standard InChI is InChI=1S/C23H33N2.BrH/c1-4-7-8-10-19-25-20-11-9-12-22(25)16-13-21-14-17-23(18-15-21)24(5-2)6-3;/h9,11-18,20H,4-8,10,19H2,1-3H3;1H/q+1;/p-1. The number of benzene rings is 1. The molecule has 0 aliphatic carbocycles. The number of nitrogens with zero attached hydrogens (tertiary/aromatic N) is 2. The molecule has 0 fully saturated rings. The van der Waals surface area contributed by atoms with Crippen LogP contribution in [0, 0.1) is 0 Å². The molecular formula is C23H33BrN2. The lowest BCUT2D eigenvalue weighted by Gasteiger charge is -2.20. The summed E-state index contributed by atoms with van der Waals surface area (Å²) in [4.78, 5) is 2.37. The molecule has 1 heterocycles. The number of aromatic nitrogens is 1. The van der Waals surface area contributed by atoms with Crippen LogP contribution in [-0.4, -0.2) is 13.1 Å². The second-order valence-electron chi connectivity index (χ2n) is 6.48.